The fraction of sp³-hybridized carbons (Fsp3) is 0.667. The van der Waals surface area contributed by atoms with Crippen molar-refractivity contribution in [2.75, 3.05) is 32.6 Å². The Labute approximate surface area is 125 Å². The Bertz CT molecular complexity index is 500. The van der Waals surface area contributed by atoms with Gasteiger partial charge in [-0.2, -0.15) is 0 Å². The van der Waals surface area contributed by atoms with Gasteiger partial charge >= 0.3 is 0 Å². The maximum absolute atomic E-state index is 12.8. The predicted octanol–water partition coefficient (Wildman–Crippen LogP) is 1.89. The monoisotopic (exact) mass is 292 g/mol. The summed E-state index contributed by atoms with van der Waals surface area (Å²) in [5.41, 5.74) is 1.13. The van der Waals surface area contributed by atoms with E-state index in [2.05, 4.69) is 15.3 Å². The first-order chi connectivity index (χ1) is 10.1. The van der Waals surface area contributed by atoms with E-state index in [9.17, 15) is 4.79 Å². The zero-order chi connectivity index (χ0) is 15.4. The van der Waals surface area contributed by atoms with E-state index in [4.69, 9.17) is 4.74 Å². The molecular weight excluding hydrogens is 268 g/mol. The average molecular weight is 292 g/mol. The molecule has 1 N–H and O–H groups in total. The summed E-state index contributed by atoms with van der Waals surface area (Å²) in [6.45, 7) is 5.18. The zero-order valence-corrected chi connectivity index (χ0v) is 13.2. The molecule has 116 valence electrons. The van der Waals surface area contributed by atoms with Gasteiger partial charge < -0.3 is 15.0 Å². The lowest BCUT2D eigenvalue weighted by atomic mass is 10.2. The second-order valence-corrected chi connectivity index (χ2v) is 5.62. The average Bonchev–Trinajstić information content (AvgIpc) is 3.31. The van der Waals surface area contributed by atoms with Gasteiger partial charge in [-0.1, -0.05) is 13.8 Å². The number of ether oxygens (including phenoxy) is 1. The van der Waals surface area contributed by atoms with E-state index in [0.717, 1.165) is 12.8 Å². The fourth-order valence-corrected chi connectivity index (χ4v) is 2.18. The largest absolute Gasteiger partial charge is 0.385 e. The first-order valence-electron chi connectivity index (χ1n) is 7.43. The molecule has 0 spiro atoms. The van der Waals surface area contributed by atoms with Crippen LogP contribution in [0.2, 0.25) is 0 Å². The lowest BCUT2D eigenvalue weighted by molar-refractivity contribution is 0.0675. The van der Waals surface area contributed by atoms with E-state index in [1.807, 2.05) is 18.7 Å². The van der Waals surface area contributed by atoms with E-state index in [1.165, 1.54) is 0 Å². The minimum atomic E-state index is -0.0387. The molecule has 21 heavy (non-hydrogen) atoms. The van der Waals surface area contributed by atoms with Gasteiger partial charge in [-0.3, -0.25) is 4.79 Å². The van der Waals surface area contributed by atoms with Crippen LogP contribution in [0.3, 0.4) is 0 Å². The van der Waals surface area contributed by atoms with Gasteiger partial charge in [0.1, 0.15) is 5.82 Å². The van der Waals surface area contributed by atoms with Crippen molar-refractivity contribution in [3.8, 4) is 0 Å². The molecule has 1 amide bonds. The summed E-state index contributed by atoms with van der Waals surface area (Å²) in [4.78, 5) is 23.5. The first kappa shape index (κ1) is 15.7. The number of rotatable bonds is 7. The molecule has 0 bridgehead atoms. The van der Waals surface area contributed by atoms with Crippen molar-refractivity contribution < 1.29 is 9.53 Å². The second-order valence-electron chi connectivity index (χ2n) is 5.62. The molecule has 0 aliphatic heterocycles. The number of carbonyl (C=O) groups is 1. The summed E-state index contributed by atoms with van der Waals surface area (Å²) in [6.07, 6.45) is 3.82. The fourth-order valence-electron chi connectivity index (χ4n) is 2.18. The van der Waals surface area contributed by atoms with Crippen molar-refractivity contribution in [3.05, 3.63) is 17.7 Å². The smallest absolute Gasteiger partial charge is 0.275 e. The van der Waals surface area contributed by atoms with Gasteiger partial charge in [0.2, 0.25) is 0 Å². The van der Waals surface area contributed by atoms with E-state index in [1.54, 1.807) is 20.4 Å². The van der Waals surface area contributed by atoms with Gasteiger partial charge in [0.05, 0.1) is 18.5 Å². The van der Waals surface area contributed by atoms with E-state index in [-0.39, 0.29) is 11.8 Å². The molecular formula is C15H24N4O2. The molecule has 1 heterocycles. The summed E-state index contributed by atoms with van der Waals surface area (Å²) in [5.74, 6) is 0.846. The van der Waals surface area contributed by atoms with Crippen LogP contribution in [0.4, 0.5) is 5.69 Å². The van der Waals surface area contributed by atoms with Crippen molar-refractivity contribution >= 4 is 11.6 Å². The number of hydrogen-bond donors (Lipinski definition) is 1. The van der Waals surface area contributed by atoms with Gasteiger partial charge in [-0.15, -0.1) is 0 Å². The van der Waals surface area contributed by atoms with Crippen molar-refractivity contribution in [2.24, 2.45) is 0 Å². The molecule has 1 aliphatic rings. The molecule has 0 saturated heterocycles. The van der Waals surface area contributed by atoms with Crippen LogP contribution in [0.5, 0.6) is 0 Å². The third-order valence-corrected chi connectivity index (χ3v) is 3.58. The number of aromatic nitrogens is 2. The number of nitrogens with zero attached hydrogens (tertiary/aromatic N) is 3. The predicted molar refractivity (Wildman–Crippen MR) is 81.6 cm³/mol. The lowest BCUT2D eigenvalue weighted by Gasteiger charge is -2.23. The molecule has 1 aromatic heterocycles. The number of nitrogens with one attached hydrogen (secondary N) is 1. The molecule has 1 aliphatic carbocycles. The summed E-state index contributed by atoms with van der Waals surface area (Å²) in [7, 11) is 3.43. The summed E-state index contributed by atoms with van der Waals surface area (Å²) in [6, 6.07) is 0.329. The lowest BCUT2D eigenvalue weighted by Crippen LogP contribution is -2.37. The third kappa shape index (κ3) is 3.69. The van der Waals surface area contributed by atoms with Crippen LogP contribution in [0.25, 0.3) is 0 Å². The Morgan fingerprint density at radius 3 is 2.76 bits per heavy atom. The standard InChI is InChI=1S/C15H24N4O2/c1-10(2)14-17-9-12(16-3)13(18-14)15(20)19(7-8-21-4)11-5-6-11/h9-11,16H,5-8H2,1-4H3. The third-order valence-electron chi connectivity index (χ3n) is 3.58. The molecule has 0 radical (unpaired) electrons. The summed E-state index contributed by atoms with van der Waals surface area (Å²) in [5, 5.41) is 3.01. The maximum atomic E-state index is 12.8. The summed E-state index contributed by atoms with van der Waals surface area (Å²) < 4.78 is 5.11. The SMILES string of the molecule is CNc1cnc(C(C)C)nc1C(=O)N(CCOC)C1CC1. The number of methoxy groups -OCH3 is 1. The number of carbonyl (C=O) groups excluding carboxylic acids is 1. The number of amides is 1. The van der Waals surface area contributed by atoms with Crippen LogP contribution in [0.15, 0.2) is 6.20 Å². The van der Waals surface area contributed by atoms with Gasteiger partial charge in [-0.05, 0) is 12.8 Å². The van der Waals surface area contributed by atoms with E-state index >= 15 is 0 Å². The van der Waals surface area contributed by atoms with Crippen molar-refractivity contribution in [1.29, 1.82) is 0 Å². The van der Waals surface area contributed by atoms with Gasteiger partial charge in [0, 0.05) is 32.7 Å². The highest BCUT2D eigenvalue weighted by Gasteiger charge is 2.34. The van der Waals surface area contributed by atoms with Gasteiger partial charge in [-0.25, -0.2) is 9.97 Å². The Morgan fingerprint density at radius 2 is 2.24 bits per heavy atom. The molecule has 1 aromatic rings. The topological polar surface area (TPSA) is 67.4 Å². The molecule has 2 rings (SSSR count). The van der Waals surface area contributed by atoms with Crippen molar-refractivity contribution in [1.82, 2.24) is 14.9 Å². The van der Waals surface area contributed by atoms with Crippen molar-refractivity contribution in [2.45, 2.75) is 38.6 Å². The van der Waals surface area contributed by atoms with Crippen LogP contribution in [-0.4, -0.2) is 54.1 Å². The van der Waals surface area contributed by atoms with Crippen LogP contribution in [0.1, 0.15) is 48.9 Å². The van der Waals surface area contributed by atoms with Crippen LogP contribution < -0.4 is 5.32 Å². The Morgan fingerprint density at radius 1 is 1.52 bits per heavy atom. The molecule has 6 heteroatoms. The van der Waals surface area contributed by atoms with Gasteiger partial charge in [0.15, 0.2) is 5.69 Å². The zero-order valence-electron chi connectivity index (χ0n) is 13.2. The van der Waals surface area contributed by atoms with E-state index < -0.39 is 0 Å². The molecule has 0 atom stereocenters. The number of hydrogen-bond acceptors (Lipinski definition) is 5. The van der Waals surface area contributed by atoms with Crippen LogP contribution >= 0.6 is 0 Å². The molecule has 6 nitrogen and oxygen atoms in total. The minimum Gasteiger partial charge on any atom is -0.385 e. The van der Waals surface area contributed by atoms with Crippen LogP contribution in [0, 0.1) is 0 Å². The molecule has 1 saturated carbocycles. The Balaban J connectivity index is 2.28. The summed E-state index contributed by atoms with van der Waals surface area (Å²) >= 11 is 0. The van der Waals surface area contributed by atoms with Crippen LogP contribution in [-0.2, 0) is 4.74 Å². The number of anilines is 1. The Kier molecular flexibility index (Phi) is 5.12. The highest BCUT2D eigenvalue weighted by atomic mass is 16.5. The molecule has 0 aromatic carbocycles. The highest BCUT2D eigenvalue weighted by molar-refractivity contribution is 5.97. The quantitative estimate of drug-likeness (QED) is 0.831. The van der Waals surface area contributed by atoms with E-state index in [0.29, 0.717) is 36.4 Å². The molecule has 1 fully saturated rings. The second kappa shape index (κ2) is 6.85. The highest BCUT2D eigenvalue weighted by Crippen LogP contribution is 2.29. The minimum absolute atomic E-state index is 0.0387. The Hall–Kier alpha value is -1.69. The first-order valence-corrected chi connectivity index (χ1v) is 7.43. The maximum Gasteiger partial charge on any atom is 0.275 e. The molecule has 0 unspecified atom stereocenters. The van der Waals surface area contributed by atoms with Crippen molar-refractivity contribution in [3.63, 3.8) is 0 Å². The normalized spacial score (nSPS) is 14.3. The van der Waals surface area contributed by atoms with Gasteiger partial charge in [0.25, 0.3) is 5.91 Å².